The summed E-state index contributed by atoms with van der Waals surface area (Å²) in [7, 11) is 0. The molecule has 3 aromatic rings. The van der Waals surface area contributed by atoms with Gasteiger partial charge in [-0.05, 0) is 60.0 Å². The summed E-state index contributed by atoms with van der Waals surface area (Å²) in [5, 5.41) is 6.20. The molecule has 0 aliphatic rings. The third kappa shape index (κ3) is 6.58. The summed E-state index contributed by atoms with van der Waals surface area (Å²) in [5.74, 6) is -0.715. The molecular weight excluding hydrogens is 464 g/mol. The normalized spacial score (nSPS) is 11.1. The van der Waals surface area contributed by atoms with E-state index in [4.69, 9.17) is 11.6 Å². The van der Waals surface area contributed by atoms with Gasteiger partial charge >= 0.3 is 0 Å². The number of halogens is 2. The molecule has 0 fully saturated rings. The van der Waals surface area contributed by atoms with Gasteiger partial charge in [-0.25, -0.2) is 0 Å². The highest BCUT2D eigenvalue weighted by Gasteiger charge is 2.14. The molecule has 0 atom stereocenters. The summed E-state index contributed by atoms with van der Waals surface area (Å²) in [6.45, 7) is 0.453. The molecule has 152 valence electrons. The highest BCUT2D eigenvalue weighted by atomic mass is 79.9. The van der Waals surface area contributed by atoms with E-state index in [1.807, 2.05) is 30.3 Å². The van der Waals surface area contributed by atoms with Crippen molar-refractivity contribution in [3.63, 3.8) is 0 Å². The van der Waals surface area contributed by atoms with Gasteiger partial charge in [0.1, 0.15) is 5.70 Å². The molecule has 0 aliphatic carbocycles. The van der Waals surface area contributed by atoms with Gasteiger partial charge in [0.25, 0.3) is 11.8 Å². The second-order valence-electron chi connectivity index (χ2n) is 6.56. The minimum absolute atomic E-state index is 0.165. The van der Waals surface area contributed by atoms with Crippen molar-refractivity contribution in [2.75, 3.05) is 6.54 Å². The Labute approximate surface area is 189 Å². The largest absolute Gasteiger partial charge is 0.350 e. The van der Waals surface area contributed by atoms with E-state index in [9.17, 15) is 9.59 Å². The summed E-state index contributed by atoms with van der Waals surface area (Å²) in [6.07, 6.45) is 2.33. The molecule has 0 aliphatic heterocycles. The van der Waals surface area contributed by atoms with E-state index in [0.29, 0.717) is 23.6 Å². The first-order valence-corrected chi connectivity index (χ1v) is 10.5. The first-order valence-electron chi connectivity index (χ1n) is 9.37. The van der Waals surface area contributed by atoms with Crippen LogP contribution in [0.1, 0.15) is 21.5 Å². The van der Waals surface area contributed by atoms with Crippen LogP contribution < -0.4 is 10.6 Å². The maximum Gasteiger partial charge on any atom is 0.267 e. The Hall–Kier alpha value is -2.89. The second kappa shape index (κ2) is 10.8. The lowest BCUT2D eigenvalue weighted by molar-refractivity contribution is -0.117. The first-order chi connectivity index (χ1) is 14.5. The minimum atomic E-state index is -0.360. The van der Waals surface area contributed by atoms with Gasteiger partial charge in [0.2, 0.25) is 0 Å². The minimum Gasteiger partial charge on any atom is -0.350 e. The summed E-state index contributed by atoms with van der Waals surface area (Å²) >= 11 is 9.29. The number of nitrogens with one attached hydrogen (secondary N) is 2. The fraction of sp³-hybridized carbons (Fsp3) is 0.0833. The zero-order valence-electron chi connectivity index (χ0n) is 16.1. The summed E-state index contributed by atoms with van der Waals surface area (Å²) < 4.78 is 0.870. The van der Waals surface area contributed by atoms with E-state index in [0.717, 1.165) is 15.6 Å². The van der Waals surface area contributed by atoms with Crippen LogP contribution in [0.15, 0.2) is 89.0 Å². The van der Waals surface area contributed by atoms with Crippen LogP contribution in [0.3, 0.4) is 0 Å². The van der Waals surface area contributed by atoms with Crippen molar-refractivity contribution >= 4 is 45.4 Å². The molecular formula is C24H20BrClN2O2. The Bertz CT molecular complexity index is 1030. The zero-order valence-corrected chi connectivity index (χ0v) is 18.4. The molecule has 0 heterocycles. The Morgan fingerprint density at radius 1 is 0.900 bits per heavy atom. The molecule has 0 saturated heterocycles. The number of amides is 2. The smallest absolute Gasteiger partial charge is 0.267 e. The van der Waals surface area contributed by atoms with Gasteiger partial charge in [0.05, 0.1) is 0 Å². The average molecular weight is 484 g/mol. The quantitative estimate of drug-likeness (QED) is 0.452. The summed E-state index contributed by atoms with van der Waals surface area (Å²) in [4.78, 5) is 25.4. The fourth-order valence-corrected chi connectivity index (χ4v) is 3.13. The lowest BCUT2D eigenvalue weighted by Gasteiger charge is -2.11. The Morgan fingerprint density at radius 2 is 1.57 bits per heavy atom. The van der Waals surface area contributed by atoms with Crippen molar-refractivity contribution in [2.24, 2.45) is 0 Å². The summed E-state index contributed by atoms with van der Waals surface area (Å²) in [6, 6.07) is 23.8. The van der Waals surface area contributed by atoms with Crippen molar-refractivity contribution in [1.29, 1.82) is 0 Å². The van der Waals surface area contributed by atoms with Crippen LogP contribution in [0.2, 0.25) is 5.02 Å². The SMILES string of the molecule is O=C(NCCc1ccccc1)C(=Cc1ccc(Cl)cc1)NC(=O)c1ccc(Br)cc1. The number of hydrogen-bond acceptors (Lipinski definition) is 2. The fourth-order valence-electron chi connectivity index (χ4n) is 2.74. The molecule has 0 aromatic heterocycles. The Balaban J connectivity index is 1.74. The van der Waals surface area contributed by atoms with Gasteiger partial charge in [0.15, 0.2) is 0 Å². The molecule has 0 spiro atoms. The standard InChI is InChI=1S/C24H20BrClN2O2/c25-20-10-8-19(9-11-20)23(29)28-22(16-18-6-12-21(26)13-7-18)24(30)27-15-14-17-4-2-1-3-5-17/h1-13,16H,14-15H2,(H,27,30)(H,28,29). The van der Waals surface area contributed by atoms with Gasteiger partial charge in [-0.2, -0.15) is 0 Å². The second-order valence-corrected chi connectivity index (χ2v) is 7.91. The molecule has 3 aromatic carbocycles. The molecule has 30 heavy (non-hydrogen) atoms. The summed E-state index contributed by atoms with van der Waals surface area (Å²) in [5.41, 5.74) is 2.50. The van der Waals surface area contributed by atoms with Crippen LogP contribution in [0.4, 0.5) is 0 Å². The monoisotopic (exact) mass is 482 g/mol. The molecule has 6 heteroatoms. The van der Waals surface area contributed by atoms with Crippen molar-refractivity contribution in [3.05, 3.63) is 111 Å². The van der Waals surface area contributed by atoms with Crippen LogP contribution in [-0.4, -0.2) is 18.4 Å². The van der Waals surface area contributed by atoms with Gasteiger partial charge in [-0.3, -0.25) is 9.59 Å². The van der Waals surface area contributed by atoms with Crippen molar-refractivity contribution in [1.82, 2.24) is 10.6 Å². The number of hydrogen-bond donors (Lipinski definition) is 2. The van der Waals surface area contributed by atoms with Gasteiger partial charge in [-0.15, -0.1) is 0 Å². The van der Waals surface area contributed by atoms with Gasteiger partial charge in [0, 0.05) is 21.6 Å². The van der Waals surface area contributed by atoms with Crippen LogP contribution in [-0.2, 0) is 11.2 Å². The predicted octanol–water partition coefficient (Wildman–Crippen LogP) is 5.23. The maximum atomic E-state index is 12.8. The number of rotatable bonds is 7. The van der Waals surface area contributed by atoms with Gasteiger partial charge in [-0.1, -0.05) is 70.0 Å². The molecule has 0 radical (unpaired) electrons. The highest BCUT2D eigenvalue weighted by molar-refractivity contribution is 9.10. The number of benzene rings is 3. The lowest BCUT2D eigenvalue weighted by Crippen LogP contribution is -2.35. The van der Waals surface area contributed by atoms with Crippen LogP contribution in [0, 0.1) is 0 Å². The van der Waals surface area contributed by atoms with Crippen molar-refractivity contribution in [3.8, 4) is 0 Å². The van der Waals surface area contributed by atoms with E-state index >= 15 is 0 Å². The highest BCUT2D eigenvalue weighted by Crippen LogP contribution is 2.14. The number of carbonyl (C=O) groups excluding carboxylic acids is 2. The third-order valence-electron chi connectivity index (χ3n) is 4.32. The predicted molar refractivity (Wildman–Crippen MR) is 124 cm³/mol. The molecule has 0 unspecified atom stereocenters. The molecule has 4 nitrogen and oxygen atoms in total. The van der Waals surface area contributed by atoms with Crippen LogP contribution in [0.25, 0.3) is 6.08 Å². The maximum absolute atomic E-state index is 12.8. The lowest BCUT2D eigenvalue weighted by atomic mass is 10.1. The molecule has 3 rings (SSSR count). The van der Waals surface area contributed by atoms with Crippen LogP contribution >= 0.6 is 27.5 Å². The molecule has 0 bridgehead atoms. The van der Waals surface area contributed by atoms with E-state index in [-0.39, 0.29) is 17.5 Å². The third-order valence-corrected chi connectivity index (χ3v) is 5.10. The molecule has 0 saturated carbocycles. The number of carbonyl (C=O) groups is 2. The van der Waals surface area contributed by atoms with E-state index in [1.165, 1.54) is 0 Å². The average Bonchev–Trinajstić information content (AvgIpc) is 2.76. The zero-order chi connectivity index (χ0) is 21.3. The molecule has 2 amide bonds. The van der Waals surface area contributed by atoms with E-state index < -0.39 is 0 Å². The van der Waals surface area contributed by atoms with Gasteiger partial charge < -0.3 is 10.6 Å². The molecule has 2 N–H and O–H groups in total. The van der Waals surface area contributed by atoms with Crippen molar-refractivity contribution in [2.45, 2.75) is 6.42 Å². The van der Waals surface area contributed by atoms with E-state index in [1.54, 1.807) is 54.6 Å². The van der Waals surface area contributed by atoms with Crippen LogP contribution in [0.5, 0.6) is 0 Å². The van der Waals surface area contributed by atoms with Crippen molar-refractivity contribution < 1.29 is 9.59 Å². The Kier molecular flexibility index (Phi) is 7.82. The topological polar surface area (TPSA) is 58.2 Å². The Morgan fingerprint density at radius 3 is 2.23 bits per heavy atom. The van der Waals surface area contributed by atoms with E-state index in [2.05, 4.69) is 26.6 Å². The first kappa shape index (κ1) is 21.8.